The first-order chi connectivity index (χ1) is 11.8. The Morgan fingerprint density at radius 3 is 2.62 bits per heavy atom. The molecule has 1 aromatic heterocycles. The molecule has 0 radical (unpaired) electrons. The fourth-order valence-corrected chi connectivity index (χ4v) is 2.29. The molecule has 2 N–H and O–H groups in total. The van der Waals surface area contributed by atoms with Gasteiger partial charge in [0.05, 0.1) is 24.3 Å². The number of anilines is 2. The Balaban J connectivity index is 1.69. The van der Waals surface area contributed by atoms with Gasteiger partial charge in [0.2, 0.25) is 0 Å². The van der Waals surface area contributed by atoms with E-state index in [1.807, 2.05) is 54.1 Å². The molecule has 0 aliphatic heterocycles. The summed E-state index contributed by atoms with van der Waals surface area (Å²) in [6, 6.07) is 14.4. The molecule has 2 amide bonds. The van der Waals surface area contributed by atoms with Crippen LogP contribution >= 0.6 is 0 Å². The number of carbonyl (C=O) groups is 1. The second-order valence-corrected chi connectivity index (χ2v) is 5.02. The molecular formula is C18H18N4O2. The average Bonchev–Trinajstić information content (AvgIpc) is 3.12. The molecule has 0 aliphatic carbocycles. The molecule has 0 bridgehead atoms. The Morgan fingerprint density at radius 2 is 1.92 bits per heavy atom. The molecule has 122 valence electrons. The Labute approximate surface area is 140 Å². The standard InChI is InChI=1S/C18H18N4O2/c1-2-24-15-9-7-14(8-10-15)20-18(23)21-16-5-3-4-6-17(16)22-12-11-19-13-22/h3-13H,2H2,1H3,(H2,20,21,23). The number of nitrogens with one attached hydrogen (secondary N) is 2. The third-order valence-corrected chi connectivity index (χ3v) is 3.36. The highest BCUT2D eigenvalue weighted by atomic mass is 16.5. The normalized spacial score (nSPS) is 10.2. The summed E-state index contributed by atoms with van der Waals surface area (Å²) in [5.41, 5.74) is 2.23. The Bertz CT molecular complexity index is 798. The van der Waals surface area contributed by atoms with Gasteiger partial charge in [-0.15, -0.1) is 0 Å². The van der Waals surface area contributed by atoms with Crippen LogP contribution in [0.4, 0.5) is 16.2 Å². The average molecular weight is 322 g/mol. The Kier molecular flexibility index (Phi) is 4.76. The number of rotatable bonds is 5. The summed E-state index contributed by atoms with van der Waals surface area (Å²) in [5.74, 6) is 0.772. The minimum atomic E-state index is -0.313. The number of benzene rings is 2. The lowest BCUT2D eigenvalue weighted by molar-refractivity contribution is 0.262. The minimum Gasteiger partial charge on any atom is -0.494 e. The summed E-state index contributed by atoms with van der Waals surface area (Å²) in [6.45, 7) is 2.54. The topological polar surface area (TPSA) is 68.2 Å². The second kappa shape index (κ2) is 7.32. The van der Waals surface area contributed by atoms with Crippen molar-refractivity contribution < 1.29 is 9.53 Å². The number of aromatic nitrogens is 2. The zero-order valence-corrected chi connectivity index (χ0v) is 13.3. The number of imidazole rings is 1. The zero-order chi connectivity index (χ0) is 16.8. The van der Waals surface area contributed by atoms with Crippen molar-refractivity contribution in [2.45, 2.75) is 6.92 Å². The first-order valence-electron chi connectivity index (χ1n) is 7.64. The minimum absolute atomic E-state index is 0.313. The molecule has 0 atom stereocenters. The van der Waals surface area contributed by atoms with Crippen LogP contribution in [0.15, 0.2) is 67.3 Å². The van der Waals surface area contributed by atoms with Crippen molar-refractivity contribution in [3.63, 3.8) is 0 Å². The van der Waals surface area contributed by atoms with Crippen molar-refractivity contribution in [3.8, 4) is 11.4 Å². The third-order valence-electron chi connectivity index (χ3n) is 3.36. The maximum absolute atomic E-state index is 12.2. The van der Waals surface area contributed by atoms with Crippen molar-refractivity contribution in [2.75, 3.05) is 17.2 Å². The monoisotopic (exact) mass is 322 g/mol. The van der Waals surface area contributed by atoms with Gasteiger partial charge < -0.3 is 19.9 Å². The van der Waals surface area contributed by atoms with Gasteiger partial charge in [0.25, 0.3) is 0 Å². The number of para-hydroxylation sites is 2. The van der Waals surface area contributed by atoms with E-state index in [4.69, 9.17) is 4.74 Å². The summed E-state index contributed by atoms with van der Waals surface area (Å²) < 4.78 is 7.22. The van der Waals surface area contributed by atoms with Gasteiger partial charge in [0.15, 0.2) is 0 Å². The van der Waals surface area contributed by atoms with Crippen LogP contribution in [0.3, 0.4) is 0 Å². The van der Waals surface area contributed by atoms with Crippen LogP contribution in [0.5, 0.6) is 5.75 Å². The predicted molar refractivity (Wildman–Crippen MR) is 93.8 cm³/mol. The van der Waals surface area contributed by atoms with Crippen LogP contribution in [-0.4, -0.2) is 22.2 Å². The molecule has 0 saturated heterocycles. The SMILES string of the molecule is CCOc1ccc(NC(=O)Nc2ccccc2-n2ccnc2)cc1. The molecule has 3 rings (SSSR count). The fraction of sp³-hybridized carbons (Fsp3) is 0.111. The van der Waals surface area contributed by atoms with Crippen LogP contribution in [-0.2, 0) is 0 Å². The van der Waals surface area contributed by atoms with E-state index in [9.17, 15) is 4.79 Å². The number of hydrogen-bond acceptors (Lipinski definition) is 3. The Hall–Kier alpha value is -3.28. The van der Waals surface area contributed by atoms with E-state index in [0.717, 1.165) is 11.4 Å². The van der Waals surface area contributed by atoms with Crippen LogP contribution < -0.4 is 15.4 Å². The maximum Gasteiger partial charge on any atom is 0.323 e. The lowest BCUT2D eigenvalue weighted by atomic mass is 10.2. The molecule has 24 heavy (non-hydrogen) atoms. The summed E-state index contributed by atoms with van der Waals surface area (Å²) in [4.78, 5) is 16.3. The van der Waals surface area contributed by atoms with E-state index in [1.165, 1.54) is 0 Å². The smallest absolute Gasteiger partial charge is 0.323 e. The zero-order valence-electron chi connectivity index (χ0n) is 13.3. The molecule has 1 heterocycles. The highest BCUT2D eigenvalue weighted by molar-refractivity contribution is 6.01. The first-order valence-corrected chi connectivity index (χ1v) is 7.64. The van der Waals surface area contributed by atoms with E-state index in [1.54, 1.807) is 24.7 Å². The Morgan fingerprint density at radius 1 is 1.12 bits per heavy atom. The van der Waals surface area contributed by atoms with Crippen LogP contribution in [0.2, 0.25) is 0 Å². The highest BCUT2D eigenvalue weighted by Gasteiger charge is 2.08. The number of carbonyl (C=O) groups excluding carboxylic acids is 1. The van der Waals surface area contributed by atoms with Gasteiger partial charge in [-0.2, -0.15) is 0 Å². The van der Waals surface area contributed by atoms with Crippen molar-refractivity contribution in [1.29, 1.82) is 0 Å². The molecular weight excluding hydrogens is 304 g/mol. The number of ether oxygens (including phenoxy) is 1. The molecule has 2 aromatic carbocycles. The predicted octanol–water partition coefficient (Wildman–Crippen LogP) is 3.92. The van der Waals surface area contributed by atoms with E-state index in [2.05, 4.69) is 15.6 Å². The maximum atomic E-state index is 12.2. The van der Waals surface area contributed by atoms with Gasteiger partial charge in [0, 0.05) is 18.1 Å². The molecule has 0 fully saturated rings. The number of nitrogens with zero attached hydrogens (tertiary/aromatic N) is 2. The van der Waals surface area contributed by atoms with Gasteiger partial charge in [0.1, 0.15) is 5.75 Å². The lowest BCUT2D eigenvalue weighted by Gasteiger charge is -2.12. The number of urea groups is 1. The van der Waals surface area contributed by atoms with Crippen LogP contribution in [0, 0.1) is 0 Å². The number of hydrogen-bond donors (Lipinski definition) is 2. The van der Waals surface area contributed by atoms with E-state index >= 15 is 0 Å². The molecule has 6 heteroatoms. The molecule has 0 saturated carbocycles. The third kappa shape index (κ3) is 3.73. The van der Waals surface area contributed by atoms with Crippen molar-refractivity contribution in [3.05, 3.63) is 67.3 Å². The van der Waals surface area contributed by atoms with Crippen molar-refractivity contribution in [1.82, 2.24) is 9.55 Å². The largest absolute Gasteiger partial charge is 0.494 e. The molecule has 0 unspecified atom stereocenters. The van der Waals surface area contributed by atoms with Crippen LogP contribution in [0.25, 0.3) is 5.69 Å². The summed E-state index contributed by atoms with van der Waals surface area (Å²) in [7, 11) is 0. The highest BCUT2D eigenvalue weighted by Crippen LogP contribution is 2.20. The summed E-state index contributed by atoms with van der Waals surface area (Å²) in [5, 5.41) is 5.66. The van der Waals surface area contributed by atoms with Gasteiger partial charge in [-0.05, 0) is 43.3 Å². The van der Waals surface area contributed by atoms with Crippen molar-refractivity contribution in [2.24, 2.45) is 0 Å². The fourth-order valence-electron chi connectivity index (χ4n) is 2.29. The lowest BCUT2D eigenvalue weighted by Crippen LogP contribution is -2.20. The van der Waals surface area contributed by atoms with E-state index in [0.29, 0.717) is 18.0 Å². The quantitative estimate of drug-likeness (QED) is 0.748. The molecule has 0 aliphatic rings. The molecule has 3 aromatic rings. The van der Waals surface area contributed by atoms with E-state index in [-0.39, 0.29) is 6.03 Å². The van der Waals surface area contributed by atoms with Gasteiger partial charge in [-0.3, -0.25) is 0 Å². The summed E-state index contributed by atoms with van der Waals surface area (Å²) >= 11 is 0. The van der Waals surface area contributed by atoms with Crippen molar-refractivity contribution >= 4 is 17.4 Å². The van der Waals surface area contributed by atoms with Gasteiger partial charge in [-0.25, -0.2) is 9.78 Å². The molecule has 6 nitrogen and oxygen atoms in total. The second-order valence-electron chi connectivity index (χ2n) is 5.02. The van der Waals surface area contributed by atoms with Gasteiger partial charge in [-0.1, -0.05) is 12.1 Å². The van der Waals surface area contributed by atoms with E-state index < -0.39 is 0 Å². The number of amides is 2. The van der Waals surface area contributed by atoms with Crippen LogP contribution in [0.1, 0.15) is 6.92 Å². The summed E-state index contributed by atoms with van der Waals surface area (Å²) in [6.07, 6.45) is 5.20. The first kappa shape index (κ1) is 15.6. The van der Waals surface area contributed by atoms with Gasteiger partial charge >= 0.3 is 6.03 Å². The molecule has 0 spiro atoms.